The van der Waals surface area contributed by atoms with Crippen LogP contribution in [0.5, 0.6) is 0 Å². The smallest absolute Gasteiger partial charge is 0.238 e. The van der Waals surface area contributed by atoms with E-state index in [1.807, 2.05) is 95.6 Å². The molecule has 11 rings (SSSR count). The maximum absolute atomic E-state index is 6.99. The fraction of sp³-hybridized carbons (Fsp3) is 0. The molecule has 0 N–H and O–H groups in total. The monoisotopic (exact) mass is 755 g/mol. The minimum atomic E-state index is 0.421. The Kier molecular flexibility index (Phi) is 8.45. The van der Waals surface area contributed by atoms with Gasteiger partial charge < -0.3 is 4.57 Å². The summed E-state index contributed by atoms with van der Waals surface area (Å²) in [6, 6.07) is 59.3. The molecule has 0 atom stereocenters. The Morgan fingerprint density at radius 3 is 1.18 bits per heavy atom. The van der Waals surface area contributed by atoms with Gasteiger partial charge in [0.15, 0.2) is 11.6 Å². The van der Waals surface area contributed by atoms with E-state index in [1.165, 1.54) is 0 Å². The van der Waals surface area contributed by atoms with Crippen LogP contribution in [0, 0.1) is 0 Å². The van der Waals surface area contributed by atoms with E-state index in [9.17, 15) is 0 Å². The summed E-state index contributed by atoms with van der Waals surface area (Å²) in [6.07, 6.45) is 0. The molecule has 8 radical (unpaired) electrons. The topological polar surface area (TPSA) is 48.5 Å². The Morgan fingerprint density at radius 2 is 0.733 bits per heavy atom. The molecule has 0 saturated carbocycles. The summed E-state index contributed by atoms with van der Waals surface area (Å²) in [5.74, 6) is 1.49. The molecule has 0 aliphatic rings. The summed E-state index contributed by atoms with van der Waals surface area (Å²) in [6.45, 7) is 0. The molecule has 60 heavy (non-hydrogen) atoms. The minimum absolute atomic E-state index is 0.421. The number of aromatic nitrogens is 5. The van der Waals surface area contributed by atoms with Crippen molar-refractivity contribution in [2.24, 2.45) is 0 Å². The fourth-order valence-electron chi connectivity index (χ4n) is 8.60. The third-order valence-electron chi connectivity index (χ3n) is 11.2. The SMILES string of the molecule is [B]c1cc([B])c2c(c1)c1cc3c(cc1n2-c1cc(-c2ccccc2)cc(-c2ccccc2)c1)c1cc([B])cc([B])c1n3-c1nc(-c2ccccc2)nc(-c2ccccc2)n1. The van der Waals surface area contributed by atoms with Gasteiger partial charge in [-0.1, -0.05) is 167 Å². The highest BCUT2D eigenvalue weighted by Gasteiger charge is 2.23. The van der Waals surface area contributed by atoms with E-state index < -0.39 is 0 Å². The van der Waals surface area contributed by atoms with Crippen LogP contribution in [0.2, 0.25) is 0 Å². The summed E-state index contributed by atoms with van der Waals surface area (Å²) >= 11 is 0. The number of nitrogens with zero attached hydrogens (tertiary/aromatic N) is 5. The number of rotatable bonds is 6. The zero-order valence-corrected chi connectivity index (χ0v) is 32.3. The van der Waals surface area contributed by atoms with Crippen molar-refractivity contribution in [1.82, 2.24) is 24.1 Å². The van der Waals surface area contributed by atoms with E-state index >= 15 is 0 Å². The Labute approximate surface area is 352 Å². The van der Waals surface area contributed by atoms with E-state index in [0.29, 0.717) is 39.4 Å². The number of hydrogen-bond donors (Lipinski definition) is 0. The third kappa shape index (κ3) is 5.96. The predicted octanol–water partition coefficient (Wildman–Crippen LogP) is 7.91. The number of benzene rings is 8. The van der Waals surface area contributed by atoms with Gasteiger partial charge in [-0.15, -0.1) is 0 Å². The molecule has 3 heterocycles. The van der Waals surface area contributed by atoms with Gasteiger partial charge in [-0.05, 0) is 52.6 Å². The summed E-state index contributed by atoms with van der Waals surface area (Å²) in [5, 5.41) is 3.63. The van der Waals surface area contributed by atoms with Crippen LogP contribution in [0.15, 0.2) is 176 Å². The second-order valence-corrected chi connectivity index (χ2v) is 15.1. The molecule has 9 heteroatoms. The Bertz CT molecular complexity index is 3110. The average molecular weight is 755 g/mol. The standard InChI is InChI=1S/C51H29B4N5/c52-36-24-41-39-29-46-40(28-45(39)59(47(41)43(54)26-36)38-22-34(30-13-5-1-6-14-30)21-35(23-38)31-15-7-2-8-16-31)42-25-37(53)27-44(55)48(42)60(46)51-57-49(32-17-9-3-10-18-32)56-50(58-51)33-19-11-4-12-20-33/h1-29H. The zero-order valence-electron chi connectivity index (χ0n) is 32.3. The predicted molar refractivity (Wildman–Crippen MR) is 252 cm³/mol. The van der Waals surface area contributed by atoms with E-state index in [0.717, 1.165) is 82.7 Å². The van der Waals surface area contributed by atoms with Crippen molar-refractivity contribution in [3.05, 3.63) is 176 Å². The Hall–Kier alpha value is -7.37. The van der Waals surface area contributed by atoms with Crippen LogP contribution in [0.1, 0.15) is 0 Å². The van der Waals surface area contributed by atoms with Crippen molar-refractivity contribution >= 4 is 96.8 Å². The highest BCUT2D eigenvalue weighted by Crippen LogP contribution is 2.40. The van der Waals surface area contributed by atoms with Crippen molar-refractivity contribution < 1.29 is 0 Å². The molecule has 0 bridgehead atoms. The van der Waals surface area contributed by atoms with Gasteiger partial charge in [-0.3, -0.25) is 4.57 Å². The quantitative estimate of drug-likeness (QED) is 0.162. The van der Waals surface area contributed by atoms with Gasteiger partial charge in [-0.25, -0.2) is 4.98 Å². The maximum Gasteiger partial charge on any atom is 0.238 e. The van der Waals surface area contributed by atoms with Gasteiger partial charge in [0.2, 0.25) is 5.95 Å². The normalized spacial score (nSPS) is 11.6. The van der Waals surface area contributed by atoms with Gasteiger partial charge >= 0.3 is 0 Å². The van der Waals surface area contributed by atoms with Crippen molar-refractivity contribution in [2.75, 3.05) is 0 Å². The molecule has 0 aliphatic heterocycles. The highest BCUT2D eigenvalue weighted by molar-refractivity contribution is 6.46. The molecule has 0 unspecified atom stereocenters. The summed E-state index contributed by atoms with van der Waals surface area (Å²) in [7, 11) is 27.1. The molecule has 270 valence electrons. The number of fused-ring (bicyclic) bond motifs is 6. The molecule has 0 saturated heterocycles. The van der Waals surface area contributed by atoms with E-state index in [2.05, 4.69) is 83.4 Å². The van der Waals surface area contributed by atoms with Crippen LogP contribution in [0.25, 0.3) is 100 Å². The number of hydrogen-bond acceptors (Lipinski definition) is 3. The summed E-state index contributed by atoms with van der Waals surface area (Å²) in [5.41, 5.74) is 12.6. The molecule has 0 spiro atoms. The van der Waals surface area contributed by atoms with Gasteiger partial charge in [0.25, 0.3) is 0 Å². The van der Waals surface area contributed by atoms with E-state index in [1.54, 1.807) is 6.07 Å². The van der Waals surface area contributed by atoms with E-state index in [-0.39, 0.29) is 0 Å². The van der Waals surface area contributed by atoms with Crippen molar-refractivity contribution in [2.45, 2.75) is 0 Å². The molecule has 0 amide bonds. The van der Waals surface area contributed by atoms with Gasteiger partial charge in [0.1, 0.15) is 31.4 Å². The second kappa shape index (κ2) is 14.2. The molecule has 8 aromatic carbocycles. The molecule has 3 aromatic heterocycles. The lowest BCUT2D eigenvalue weighted by Crippen LogP contribution is -2.17. The summed E-state index contributed by atoms with van der Waals surface area (Å²) < 4.78 is 4.28. The van der Waals surface area contributed by atoms with Crippen molar-refractivity contribution in [3.63, 3.8) is 0 Å². The third-order valence-corrected chi connectivity index (χ3v) is 11.2. The first-order valence-electron chi connectivity index (χ1n) is 19.7. The molecular formula is C51H29B4N5. The van der Waals surface area contributed by atoms with Gasteiger partial charge in [0, 0.05) is 49.4 Å². The lowest BCUT2D eigenvalue weighted by atomic mass is 9.85. The van der Waals surface area contributed by atoms with Crippen LogP contribution < -0.4 is 21.9 Å². The van der Waals surface area contributed by atoms with Crippen molar-refractivity contribution in [1.29, 1.82) is 0 Å². The molecule has 11 aromatic rings. The molecule has 0 aliphatic carbocycles. The first-order chi connectivity index (χ1) is 29.4. The average Bonchev–Trinajstić information content (AvgIpc) is 3.78. The Balaban J connectivity index is 1.26. The lowest BCUT2D eigenvalue weighted by molar-refractivity contribution is 0.955. The highest BCUT2D eigenvalue weighted by atomic mass is 15.2. The Morgan fingerprint density at radius 1 is 0.333 bits per heavy atom. The van der Waals surface area contributed by atoms with Gasteiger partial charge in [-0.2, -0.15) is 9.97 Å². The molecule has 5 nitrogen and oxygen atoms in total. The van der Waals surface area contributed by atoms with Crippen LogP contribution in [0.3, 0.4) is 0 Å². The van der Waals surface area contributed by atoms with Crippen LogP contribution in [-0.4, -0.2) is 55.5 Å². The summed E-state index contributed by atoms with van der Waals surface area (Å²) in [4.78, 5) is 15.3. The second-order valence-electron chi connectivity index (χ2n) is 15.1. The van der Waals surface area contributed by atoms with Crippen LogP contribution in [0.4, 0.5) is 0 Å². The fourth-order valence-corrected chi connectivity index (χ4v) is 8.60. The molecular weight excluding hydrogens is 726 g/mol. The van der Waals surface area contributed by atoms with E-state index in [4.69, 9.17) is 46.3 Å². The zero-order chi connectivity index (χ0) is 40.5. The van der Waals surface area contributed by atoms with Crippen molar-refractivity contribution in [3.8, 4) is 56.7 Å². The van der Waals surface area contributed by atoms with Crippen LogP contribution in [-0.2, 0) is 0 Å². The molecule has 0 fully saturated rings. The maximum atomic E-state index is 6.99. The first kappa shape index (κ1) is 35.8. The van der Waals surface area contributed by atoms with Gasteiger partial charge in [0.05, 0.1) is 11.0 Å². The minimum Gasteiger partial charge on any atom is -0.310 e. The largest absolute Gasteiger partial charge is 0.310 e. The first-order valence-corrected chi connectivity index (χ1v) is 19.7. The van der Waals surface area contributed by atoms with Crippen LogP contribution >= 0.6 is 0 Å². The lowest BCUT2D eigenvalue weighted by Gasteiger charge is -2.15.